The standard InChI is InChI=1S/C16H19N5O4/c1-24-6-5-20-12-8-19(9-13(12)25-10-14(20)22)16(23)11-7-18-21-4-2-3-17-15(11)21/h2-4,7,12-13H,5-6,8-10H2,1H3/t12-,13-/m0/s1. The van der Waals surface area contributed by atoms with Crippen LogP contribution in [0.3, 0.4) is 0 Å². The molecule has 132 valence electrons. The van der Waals surface area contributed by atoms with Gasteiger partial charge in [0.2, 0.25) is 5.91 Å². The molecule has 2 aromatic rings. The Morgan fingerprint density at radius 3 is 3.16 bits per heavy atom. The summed E-state index contributed by atoms with van der Waals surface area (Å²) in [6.45, 7) is 1.89. The molecule has 9 heteroatoms. The van der Waals surface area contributed by atoms with E-state index in [0.29, 0.717) is 37.5 Å². The van der Waals surface area contributed by atoms with Crippen LogP contribution in [-0.2, 0) is 14.3 Å². The number of hydrogen-bond acceptors (Lipinski definition) is 6. The second kappa shape index (κ2) is 6.41. The van der Waals surface area contributed by atoms with E-state index in [1.165, 1.54) is 6.20 Å². The van der Waals surface area contributed by atoms with Gasteiger partial charge >= 0.3 is 0 Å². The Kier molecular flexibility index (Phi) is 4.10. The molecule has 2 aliphatic heterocycles. The summed E-state index contributed by atoms with van der Waals surface area (Å²) in [5.74, 6) is -0.212. The maximum Gasteiger partial charge on any atom is 0.259 e. The molecule has 2 amide bonds. The van der Waals surface area contributed by atoms with E-state index < -0.39 is 0 Å². The fourth-order valence-corrected chi connectivity index (χ4v) is 3.46. The molecule has 2 saturated heterocycles. The Hall–Kier alpha value is -2.52. The quantitative estimate of drug-likeness (QED) is 0.737. The van der Waals surface area contributed by atoms with Crippen molar-refractivity contribution in [2.45, 2.75) is 12.1 Å². The van der Waals surface area contributed by atoms with Crippen LogP contribution in [0.4, 0.5) is 0 Å². The Bertz CT molecular complexity index is 807. The SMILES string of the molecule is COCCN1C(=O)CO[C@H]2CN(C(=O)c3cnn4cccnc34)C[C@@H]21. The summed E-state index contributed by atoms with van der Waals surface area (Å²) in [6.07, 6.45) is 4.73. The topological polar surface area (TPSA) is 89.3 Å². The average Bonchev–Trinajstić information content (AvgIpc) is 3.24. The van der Waals surface area contributed by atoms with Crippen LogP contribution in [0.1, 0.15) is 10.4 Å². The van der Waals surface area contributed by atoms with Crippen molar-refractivity contribution in [3.63, 3.8) is 0 Å². The Balaban J connectivity index is 1.55. The van der Waals surface area contributed by atoms with Crippen molar-refractivity contribution in [1.82, 2.24) is 24.4 Å². The molecule has 0 bridgehead atoms. The van der Waals surface area contributed by atoms with Crippen LogP contribution in [0.2, 0.25) is 0 Å². The van der Waals surface area contributed by atoms with Gasteiger partial charge in [0.25, 0.3) is 5.91 Å². The van der Waals surface area contributed by atoms with Gasteiger partial charge in [0.1, 0.15) is 12.2 Å². The maximum atomic E-state index is 12.9. The second-order valence-electron chi connectivity index (χ2n) is 6.15. The van der Waals surface area contributed by atoms with Gasteiger partial charge in [-0.05, 0) is 6.07 Å². The molecule has 2 atom stereocenters. The van der Waals surface area contributed by atoms with E-state index in [1.54, 1.807) is 39.9 Å². The molecule has 0 spiro atoms. The number of amides is 2. The molecular weight excluding hydrogens is 326 g/mol. The number of carbonyl (C=O) groups excluding carboxylic acids is 2. The minimum atomic E-state index is -0.173. The predicted molar refractivity (Wildman–Crippen MR) is 86.0 cm³/mol. The van der Waals surface area contributed by atoms with Crippen molar-refractivity contribution in [3.8, 4) is 0 Å². The number of rotatable bonds is 4. The lowest BCUT2D eigenvalue weighted by atomic mass is 10.1. The Labute approximate surface area is 144 Å². The smallest absolute Gasteiger partial charge is 0.259 e. The highest BCUT2D eigenvalue weighted by atomic mass is 16.5. The Morgan fingerprint density at radius 2 is 2.32 bits per heavy atom. The highest BCUT2D eigenvalue weighted by Gasteiger charge is 2.44. The number of likely N-dealkylation sites (tertiary alicyclic amines) is 1. The first-order chi connectivity index (χ1) is 12.2. The summed E-state index contributed by atoms with van der Waals surface area (Å²) in [7, 11) is 1.60. The zero-order chi connectivity index (χ0) is 17.4. The van der Waals surface area contributed by atoms with Crippen LogP contribution in [0.25, 0.3) is 5.65 Å². The third kappa shape index (κ3) is 2.75. The summed E-state index contributed by atoms with van der Waals surface area (Å²) < 4.78 is 12.3. The molecule has 0 aromatic carbocycles. The van der Waals surface area contributed by atoms with Gasteiger partial charge in [0.15, 0.2) is 5.65 Å². The van der Waals surface area contributed by atoms with Crippen molar-refractivity contribution in [2.24, 2.45) is 0 Å². The summed E-state index contributed by atoms with van der Waals surface area (Å²) in [5, 5.41) is 4.16. The normalized spacial score (nSPS) is 23.3. The van der Waals surface area contributed by atoms with Crippen molar-refractivity contribution >= 4 is 17.5 Å². The van der Waals surface area contributed by atoms with Crippen molar-refractivity contribution in [2.75, 3.05) is 40.0 Å². The number of ether oxygens (including phenoxy) is 2. The van der Waals surface area contributed by atoms with Crippen LogP contribution in [0.5, 0.6) is 0 Å². The molecular formula is C16H19N5O4. The largest absolute Gasteiger partial charge is 0.383 e. The van der Waals surface area contributed by atoms with Gasteiger partial charge in [0.05, 0.1) is 24.9 Å². The first kappa shape index (κ1) is 16.0. The summed E-state index contributed by atoms with van der Waals surface area (Å²) >= 11 is 0. The van der Waals surface area contributed by atoms with Crippen LogP contribution in [0, 0.1) is 0 Å². The maximum absolute atomic E-state index is 12.9. The number of hydrogen-bond donors (Lipinski definition) is 0. The van der Waals surface area contributed by atoms with E-state index in [4.69, 9.17) is 9.47 Å². The van der Waals surface area contributed by atoms with E-state index in [0.717, 1.165) is 0 Å². The zero-order valence-electron chi connectivity index (χ0n) is 13.9. The minimum absolute atomic E-state index is 0.0468. The minimum Gasteiger partial charge on any atom is -0.383 e. The van der Waals surface area contributed by atoms with Gasteiger partial charge in [-0.1, -0.05) is 0 Å². The molecule has 0 radical (unpaired) electrons. The van der Waals surface area contributed by atoms with Crippen molar-refractivity contribution < 1.29 is 19.1 Å². The van der Waals surface area contributed by atoms with Crippen LogP contribution >= 0.6 is 0 Å². The molecule has 25 heavy (non-hydrogen) atoms. The lowest BCUT2D eigenvalue weighted by Gasteiger charge is -2.36. The van der Waals surface area contributed by atoms with Gasteiger partial charge < -0.3 is 19.3 Å². The predicted octanol–water partition coefficient (Wildman–Crippen LogP) is -0.572. The highest BCUT2D eigenvalue weighted by Crippen LogP contribution is 2.25. The van der Waals surface area contributed by atoms with Crippen molar-refractivity contribution in [1.29, 1.82) is 0 Å². The summed E-state index contributed by atoms with van der Waals surface area (Å²) in [6, 6.07) is 1.61. The second-order valence-corrected chi connectivity index (χ2v) is 6.15. The first-order valence-electron chi connectivity index (χ1n) is 8.16. The lowest BCUT2D eigenvalue weighted by molar-refractivity contribution is -0.153. The number of methoxy groups -OCH3 is 1. The lowest BCUT2D eigenvalue weighted by Crippen LogP contribution is -2.54. The third-order valence-corrected chi connectivity index (χ3v) is 4.71. The van der Waals surface area contributed by atoms with Gasteiger partial charge in [-0.25, -0.2) is 9.50 Å². The molecule has 0 N–H and O–H groups in total. The van der Waals surface area contributed by atoms with Crippen molar-refractivity contribution in [3.05, 3.63) is 30.2 Å². The fourth-order valence-electron chi connectivity index (χ4n) is 3.46. The van der Waals surface area contributed by atoms with Gasteiger partial charge in [0, 0.05) is 39.1 Å². The molecule has 0 aliphatic carbocycles. The van der Waals surface area contributed by atoms with E-state index in [2.05, 4.69) is 10.1 Å². The Morgan fingerprint density at radius 1 is 1.44 bits per heavy atom. The van der Waals surface area contributed by atoms with Gasteiger partial charge in [-0.15, -0.1) is 0 Å². The van der Waals surface area contributed by atoms with E-state index in [9.17, 15) is 9.59 Å². The molecule has 9 nitrogen and oxygen atoms in total. The molecule has 2 aliphatic rings. The van der Waals surface area contributed by atoms with E-state index in [-0.39, 0.29) is 30.6 Å². The number of carbonyl (C=O) groups is 2. The van der Waals surface area contributed by atoms with Crippen LogP contribution < -0.4 is 0 Å². The number of fused-ring (bicyclic) bond motifs is 2. The number of nitrogens with zero attached hydrogens (tertiary/aromatic N) is 5. The number of aromatic nitrogens is 3. The molecule has 4 heterocycles. The van der Waals surface area contributed by atoms with Gasteiger partial charge in [-0.3, -0.25) is 9.59 Å². The molecule has 2 fully saturated rings. The number of morpholine rings is 1. The first-order valence-corrected chi connectivity index (χ1v) is 8.16. The highest BCUT2D eigenvalue weighted by molar-refractivity contribution is 5.99. The fraction of sp³-hybridized carbons (Fsp3) is 0.500. The van der Waals surface area contributed by atoms with Crippen LogP contribution in [0.15, 0.2) is 24.7 Å². The van der Waals surface area contributed by atoms with E-state index >= 15 is 0 Å². The average molecular weight is 345 g/mol. The molecule has 2 aromatic heterocycles. The summed E-state index contributed by atoms with van der Waals surface area (Å²) in [4.78, 5) is 32.8. The molecule has 0 unspecified atom stereocenters. The zero-order valence-corrected chi connectivity index (χ0v) is 13.9. The third-order valence-electron chi connectivity index (χ3n) is 4.71. The molecule has 0 saturated carbocycles. The van der Waals surface area contributed by atoms with E-state index in [1.807, 2.05) is 0 Å². The van der Waals surface area contributed by atoms with Gasteiger partial charge in [-0.2, -0.15) is 5.10 Å². The molecule has 4 rings (SSSR count). The monoisotopic (exact) mass is 345 g/mol. The van der Waals surface area contributed by atoms with Crippen LogP contribution in [-0.4, -0.2) is 88.3 Å². The summed E-state index contributed by atoms with van der Waals surface area (Å²) in [5.41, 5.74) is 0.977.